The quantitative estimate of drug-likeness (QED) is 0.724. The van der Waals surface area contributed by atoms with Crippen molar-refractivity contribution in [2.24, 2.45) is 0 Å². The Hall–Kier alpha value is -3.02. The van der Waals surface area contributed by atoms with Crippen LogP contribution in [-0.2, 0) is 0 Å². The lowest BCUT2D eigenvalue weighted by Gasteiger charge is -2.17. The van der Waals surface area contributed by atoms with Gasteiger partial charge in [0.15, 0.2) is 17.2 Å². The predicted molar refractivity (Wildman–Crippen MR) is 99.9 cm³/mol. The van der Waals surface area contributed by atoms with E-state index in [9.17, 15) is 4.79 Å². The molecule has 1 aliphatic rings. The van der Waals surface area contributed by atoms with E-state index < -0.39 is 0 Å². The highest BCUT2D eigenvalue weighted by molar-refractivity contribution is 6.11. The lowest BCUT2D eigenvalue weighted by molar-refractivity contribution is 0.102. The van der Waals surface area contributed by atoms with E-state index in [0.717, 1.165) is 23.7 Å². The molecular formula is C20H21N3O3. The maximum Gasteiger partial charge on any atom is 0.276 e. The molecule has 1 aromatic heterocycles. The SMILES string of the molecule is COc1ccc(NC(=O)c2n[nH]c3ccccc23)cc1OC1CCCC1. The molecule has 0 saturated heterocycles. The first-order chi connectivity index (χ1) is 12.7. The van der Waals surface area contributed by atoms with Gasteiger partial charge in [0.25, 0.3) is 5.91 Å². The second kappa shape index (κ2) is 7.07. The number of para-hydroxylation sites is 1. The molecule has 0 radical (unpaired) electrons. The monoisotopic (exact) mass is 351 g/mol. The molecule has 3 aromatic rings. The highest BCUT2D eigenvalue weighted by Gasteiger charge is 2.19. The molecule has 4 rings (SSSR count). The van der Waals surface area contributed by atoms with Gasteiger partial charge in [-0.15, -0.1) is 0 Å². The van der Waals surface area contributed by atoms with Gasteiger partial charge in [-0.3, -0.25) is 9.89 Å². The number of nitrogens with zero attached hydrogens (tertiary/aromatic N) is 1. The first-order valence-corrected chi connectivity index (χ1v) is 8.84. The van der Waals surface area contributed by atoms with Crippen LogP contribution in [0.5, 0.6) is 11.5 Å². The molecular weight excluding hydrogens is 330 g/mol. The van der Waals surface area contributed by atoms with Gasteiger partial charge in [0, 0.05) is 17.1 Å². The molecule has 0 aliphatic heterocycles. The van der Waals surface area contributed by atoms with Gasteiger partial charge in [0.05, 0.1) is 18.7 Å². The third-order valence-corrected chi connectivity index (χ3v) is 4.70. The molecule has 1 aliphatic carbocycles. The number of anilines is 1. The highest BCUT2D eigenvalue weighted by atomic mass is 16.5. The molecule has 26 heavy (non-hydrogen) atoms. The number of hydrogen-bond donors (Lipinski definition) is 2. The van der Waals surface area contributed by atoms with Gasteiger partial charge in [0.2, 0.25) is 0 Å². The van der Waals surface area contributed by atoms with E-state index >= 15 is 0 Å². The van der Waals surface area contributed by atoms with Crippen LogP contribution in [-0.4, -0.2) is 29.3 Å². The van der Waals surface area contributed by atoms with E-state index in [2.05, 4.69) is 15.5 Å². The van der Waals surface area contributed by atoms with Crippen molar-refractivity contribution in [3.63, 3.8) is 0 Å². The van der Waals surface area contributed by atoms with Crippen LogP contribution < -0.4 is 14.8 Å². The van der Waals surface area contributed by atoms with E-state index in [1.807, 2.05) is 36.4 Å². The zero-order valence-electron chi connectivity index (χ0n) is 14.6. The summed E-state index contributed by atoms with van der Waals surface area (Å²) in [7, 11) is 1.62. The van der Waals surface area contributed by atoms with Gasteiger partial charge in [0.1, 0.15) is 0 Å². The van der Waals surface area contributed by atoms with Crippen molar-refractivity contribution in [2.75, 3.05) is 12.4 Å². The zero-order valence-corrected chi connectivity index (χ0v) is 14.6. The fourth-order valence-electron chi connectivity index (χ4n) is 3.36. The fourth-order valence-corrected chi connectivity index (χ4v) is 3.36. The number of hydrogen-bond acceptors (Lipinski definition) is 4. The number of H-pyrrole nitrogens is 1. The number of aromatic nitrogens is 2. The number of carbonyl (C=O) groups excluding carboxylic acids is 1. The number of nitrogens with one attached hydrogen (secondary N) is 2. The molecule has 0 unspecified atom stereocenters. The summed E-state index contributed by atoms with van der Waals surface area (Å²) in [6.07, 6.45) is 4.70. The van der Waals surface area contributed by atoms with Crippen molar-refractivity contribution < 1.29 is 14.3 Å². The summed E-state index contributed by atoms with van der Waals surface area (Å²) >= 11 is 0. The third kappa shape index (κ3) is 3.22. The Morgan fingerprint density at radius 1 is 1.15 bits per heavy atom. The van der Waals surface area contributed by atoms with Gasteiger partial charge in [-0.1, -0.05) is 18.2 Å². The van der Waals surface area contributed by atoms with Crippen LogP contribution in [0, 0.1) is 0 Å². The molecule has 0 atom stereocenters. The second-order valence-electron chi connectivity index (χ2n) is 6.46. The highest BCUT2D eigenvalue weighted by Crippen LogP contribution is 2.34. The third-order valence-electron chi connectivity index (χ3n) is 4.70. The summed E-state index contributed by atoms with van der Waals surface area (Å²) in [5.41, 5.74) is 1.85. The van der Waals surface area contributed by atoms with Crippen molar-refractivity contribution >= 4 is 22.5 Å². The molecule has 1 fully saturated rings. The maximum atomic E-state index is 12.6. The lowest BCUT2D eigenvalue weighted by atomic mass is 10.2. The average Bonchev–Trinajstić information content (AvgIpc) is 3.31. The number of aromatic amines is 1. The summed E-state index contributed by atoms with van der Waals surface area (Å²) in [6, 6.07) is 13.0. The first-order valence-electron chi connectivity index (χ1n) is 8.84. The van der Waals surface area contributed by atoms with Crippen LogP contribution in [0.4, 0.5) is 5.69 Å². The largest absolute Gasteiger partial charge is 0.493 e. The van der Waals surface area contributed by atoms with Gasteiger partial charge in [-0.05, 0) is 43.9 Å². The molecule has 6 heteroatoms. The van der Waals surface area contributed by atoms with E-state index in [4.69, 9.17) is 9.47 Å². The van der Waals surface area contributed by atoms with Gasteiger partial charge in [-0.2, -0.15) is 5.10 Å². The Morgan fingerprint density at radius 3 is 2.77 bits per heavy atom. The molecule has 0 bridgehead atoms. The van der Waals surface area contributed by atoms with Crippen molar-refractivity contribution in [1.29, 1.82) is 0 Å². The summed E-state index contributed by atoms with van der Waals surface area (Å²) in [6.45, 7) is 0. The zero-order chi connectivity index (χ0) is 17.9. The molecule has 6 nitrogen and oxygen atoms in total. The second-order valence-corrected chi connectivity index (χ2v) is 6.46. The minimum Gasteiger partial charge on any atom is -0.493 e. The number of benzene rings is 2. The summed E-state index contributed by atoms with van der Waals surface area (Å²) in [5, 5.41) is 10.7. The number of ether oxygens (including phenoxy) is 2. The number of fused-ring (bicyclic) bond motifs is 1. The standard InChI is InChI=1S/C20H21N3O3/c1-25-17-11-10-13(12-18(17)26-14-6-2-3-7-14)21-20(24)19-15-8-4-5-9-16(15)22-23-19/h4-5,8-12,14H,2-3,6-7H2,1H3,(H,21,24)(H,22,23). The molecule has 1 saturated carbocycles. The maximum absolute atomic E-state index is 12.6. The number of amides is 1. The van der Waals surface area contributed by atoms with E-state index in [0.29, 0.717) is 22.9 Å². The molecule has 2 aromatic carbocycles. The molecule has 1 heterocycles. The Balaban J connectivity index is 1.56. The van der Waals surface area contributed by atoms with Gasteiger partial charge >= 0.3 is 0 Å². The smallest absolute Gasteiger partial charge is 0.276 e. The summed E-state index contributed by atoms with van der Waals surface area (Å²) in [4.78, 5) is 12.6. The summed E-state index contributed by atoms with van der Waals surface area (Å²) < 4.78 is 11.5. The minimum absolute atomic E-state index is 0.213. The fraction of sp³-hybridized carbons (Fsp3) is 0.300. The minimum atomic E-state index is -0.264. The van der Waals surface area contributed by atoms with Gasteiger partial charge < -0.3 is 14.8 Å². The normalized spacial score (nSPS) is 14.5. The van der Waals surface area contributed by atoms with Crippen LogP contribution in [0.25, 0.3) is 10.9 Å². The number of methoxy groups -OCH3 is 1. The van der Waals surface area contributed by atoms with Gasteiger partial charge in [-0.25, -0.2) is 0 Å². The lowest BCUT2D eigenvalue weighted by Crippen LogP contribution is -2.14. The van der Waals surface area contributed by atoms with Crippen LogP contribution in [0.3, 0.4) is 0 Å². The molecule has 2 N–H and O–H groups in total. The van der Waals surface area contributed by atoms with E-state index in [1.54, 1.807) is 13.2 Å². The number of rotatable bonds is 5. The van der Waals surface area contributed by atoms with Crippen LogP contribution in [0.15, 0.2) is 42.5 Å². The Labute approximate surface area is 151 Å². The van der Waals surface area contributed by atoms with Crippen molar-refractivity contribution in [3.05, 3.63) is 48.2 Å². The van der Waals surface area contributed by atoms with E-state index in [-0.39, 0.29) is 12.0 Å². The molecule has 0 spiro atoms. The van der Waals surface area contributed by atoms with Crippen molar-refractivity contribution in [1.82, 2.24) is 10.2 Å². The Kier molecular flexibility index (Phi) is 4.48. The molecule has 134 valence electrons. The van der Waals surface area contributed by atoms with Crippen LogP contribution >= 0.6 is 0 Å². The van der Waals surface area contributed by atoms with Crippen molar-refractivity contribution in [3.8, 4) is 11.5 Å². The molecule has 1 amide bonds. The average molecular weight is 351 g/mol. The van der Waals surface area contributed by atoms with Crippen LogP contribution in [0.1, 0.15) is 36.2 Å². The van der Waals surface area contributed by atoms with E-state index in [1.165, 1.54) is 12.8 Å². The number of carbonyl (C=O) groups is 1. The van der Waals surface area contributed by atoms with Crippen LogP contribution in [0.2, 0.25) is 0 Å². The predicted octanol–water partition coefficient (Wildman–Crippen LogP) is 4.15. The Morgan fingerprint density at radius 2 is 1.96 bits per heavy atom. The Bertz CT molecular complexity index is 929. The topological polar surface area (TPSA) is 76.2 Å². The first kappa shape index (κ1) is 16.4. The summed E-state index contributed by atoms with van der Waals surface area (Å²) in [5.74, 6) is 1.06. The van der Waals surface area contributed by atoms with Crippen molar-refractivity contribution in [2.45, 2.75) is 31.8 Å².